The lowest BCUT2D eigenvalue weighted by Crippen LogP contribution is -2.18. The summed E-state index contributed by atoms with van der Waals surface area (Å²) in [5, 5.41) is 18.7. The topological polar surface area (TPSA) is 80.1 Å². The number of rotatable bonds is 4. The van der Waals surface area contributed by atoms with Crippen molar-refractivity contribution in [2.45, 2.75) is 11.8 Å². The lowest BCUT2D eigenvalue weighted by Gasteiger charge is -2.13. The van der Waals surface area contributed by atoms with Crippen LogP contribution in [0.25, 0.3) is 10.9 Å². The Balaban J connectivity index is 2.39. The Hall–Kier alpha value is -1.97. The van der Waals surface area contributed by atoms with Gasteiger partial charge in [-0.05, 0) is 49.7 Å². The predicted molar refractivity (Wildman–Crippen MR) is 73.9 cm³/mol. The highest BCUT2D eigenvalue weighted by atomic mass is 32.2. The van der Waals surface area contributed by atoms with Crippen molar-refractivity contribution in [2.24, 2.45) is 0 Å². The van der Waals surface area contributed by atoms with Crippen molar-refractivity contribution in [3.63, 3.8) is 0 Å². The van der Waals surface area contributed by atoms with E-state index in [2.05, 4.69) is 11.1 Å². The van der Waals surface area contributed by atoms with Gasteiger partial charge in [-0.15, -0.1) is 0 Å². The van der Waals surface area contributed by atoms with Gasteiger partial charge in [0, 0.05) is 10.3 Å². The molecule has 2 N–H and O–H groups in total. The van der Waals surface area contributed by atoms with Crippen molar-refractivity contribution in [3.05, 3.63) is 29.5 Å². The molecule has 98 valence electrons. The van der Waals surface area contributed by atoms with Crippen molar-refractivity contribution in [2.75, 3.05) is 13.6 Å². The first-order chi connectivity index (χ1) is 8.99. The second kappa shape index (κ2) is 5.34. The molecule has 1 aromatic heterocycles. The van der Waals surface area contributed by atoms with E-state index in [1.165, 1.54) is 11.9 Å². The Morgan fingerprint density at radius 3 is 2.89 bits per heavy atom. The number of carboxylic acids is 1. The number of carbonyl (C=O) groups is 1. The van der Waals surface area contributed by atoms with Crippen LogP contribution in [0.1, 0.15) is 11.3 Å². The number of nitriles is 1. The van der Waals surface area contributed by atoms with Crippen LogP contribution in [-0.2, 0) is 4.79 Å². The average Bonchev–Trinajstić information content (AvgIpc) is 2.70. The van der Waals surface area contributed by atoms with Crippen molar-refractivity contribution < 1.29 is 9.90 Å². The van der Waals surface area contributed by atoms with E-state index in [0.29, 0.717) is 5.69 Å². The molecule has 5 nitrogen and oxygen atoms in total. The summed E-state index contributed by atoms with van der Waals surface area (Å²) in [6.45, 7) is 1.92. The molecular weight excluding hydrogens is 262 g/mol. The first-order valence-corrected chi connectivity index (χ1v) is 6.41. The zero-order chi connectivity index (χ0) is 14.0. The molecule has 1 aromatic carbocycles. The lowest BCUT2D eigenvalue weighted by molar-refractivity contribution is -0.136. The standard InChI is InChI=1S/C13H13N3O2S/c1-8-3-9-5-10(6-14)15-13(9)11(4-8)19-16(2)7-12(17)18/h3-5,15H,7H2,1-2H3,(H,17,18). The van der Waals surface area contributed by atoms with Gasteiger partial charge in [-0.25, -0.2) is 4.31 Å². The summed E-state index contributed by atoms with van der Waals surface area (Å²) in [7, 11) is 1.72. The minimum absolute atomic E-state index is 0.0497. The molecule has 0 atom stereocenters. The number of aryl methyl sites for hydroxylation is 1. The summed E-state index contributed by atoms with van der Waals surface area (Å²) in [5.74, 6) is -0.872. The van der Waals surface area contributed by atoms with Gasteiger partial charge in [0.05, 0.1) is 5.52 Å². The highest BCUT2D eigenvalue weighted by Gasteiger charge is 2.11. The van der Waals surface area contributed by atoms with Crippen LogP contribution in [-0.4, -0.2) is 34.0 Å². The number of nitrogens with zero attached hydrogens (tertiary/aromatic N) is 2. The molecule has 0 fully saturated rings. The van der Waals surface area contributed by atoms with E-state index < -0.39 is 5.97 Å². The summed E-state index contributed by atoms with van der Waals surface area (Å²) in [6.07, 6.45) is 0. The third-order valence-electron chi connectivity index (χ3n) is 2.57. The minimum atomic E-state index is -0.872. The van der Waals surface area contributed by atoms with Gasteiger partial charge in [-0.2, -0.15) is 5.26 Å². The molecule has 1 heterocycles. The van der Waals surface area contributed by atoms with Crippen LogP contribution in [0.3, 0.4) is 0 Å². The Bertz CT molecular complexity index is 672. The van der Waals surface area contributed by atoms with E-state index in [0.717, 1.165) is 21.4 Å². The number of nitrogens with one attached hydrogen (secondary N) is 1. The predicted octanol–water partition coefficient (Wildman–Crippen LogP) is 2.37. The number of aromatic amines is 1. The number of carboxylic acid groups (broad SMARTS) is 1. The van der Waals surface area contributed by atoms with E-state index in [4.69, 9.17) is 10.4 Å². The zero-order valence-corrected chi connectivity index (χ0v) is 11.4. The van der Waals surface area contributed by atoms with Crippen LogP contribution >= 0.6 is 11.9 Å². The third-order valence-corrected chi connectivity index (χ3v) is 3.53. The Kier molecular flexibility index (Phi) is 3.79. The van der Waals surface area contributed by atoms with Gasteiger partial charge in [-0.3, -0.25) is 4.79 Å². The van der Waals surface area contributed by atoms with Gasteiger partial charge in [0.1, 0.15) is 18.3 Å². The molecule has 0 bridgehead atoms. The lowest BCUT2D eigenvalue weighted by atomic mass is 10.2. The quantitative estimate of drug-likeness (QED) is 0.837. The van der Waals surface area contributed by atoms with E-state index in [9.17, 15) is 4.79 Å². The molecule has 0 spiro atoms. The van der Waals surface area contributed by atoms with Crippen molar-refractivity contribution in [1.29, 1.82) is 5.26 Å². The largest absolute Gasteiger partial charge is 0.480 e. The number of H-pyrrole nitrogens is 1. The van der Waals surface area contributed by atoms with E-state index in [1.807, 2.05) is 19.1 Å². The van der Waals surface area contributed by atoms with Gasteiger partial charge >= 0.3 is 5.97 Å². The van der Waals surface area contributed by atoms with Gasteiger partial charge in [0.15, 0.2) is 0 Å². The fourth-order valence-corrected chi connectivity index (χ4v) is 2.89. The molecule has 0 aliphatic carbocycles. The number of likely N-dealkylation sites (N-methyl/N-ethyl adjacent to an activating group) is 1. The van der Waals surface area contributed by atoms with Crippen LogP contribution < -0.4 is 0 Å². The maximum atomic E-state index is 10.7. The van der Waals surface area contributed by atoms with E-state index in [1.54, 1.807) is 17.4 Å². The summed E-state index contributed by atoms with van der Waals surface area (Å²) >= 11 is 1.35. The SMILES string of the molecule is Cc1cc(SN(C)CC(=O)O)c2[nH]c(C#N)cc2c1. The Morgan fingerprint density at radius 2 is 2.26 bits per heavy atom. The molecule has 0 amide bonds. The fraction of sp³-hybridized carbons (Fsp3) is 0.231. The molecule has 0 aliphatic heterocycles. The summed E-state index contributed by atoms with van der Waals surface area (Å²) in [4.78, 5) is 14.6. The smallest absolute Gasteiger partial charge is 0.318 e. The van der Waals surface area contributed by atoms with Crippen LogP contribution in [0.5, 0.6) is 0 Å². The number of benzene rings is 1. The molecule has 19 heavy (non-hydrogen) atoms. The normalized spacial score (nSPS) is 10.8. The second-order valence-electron chi connectivity index (χ2n) is 4.29. The number of aromatic nitrogens is 1. The number of hydrogen-bond donors (Lipinski definition) is 2. The van der Waals surface area contributed by atoms with Crippen LogP contribution in [0.2, 0.25) is 0 Å². The third kappa shape index (κ3) is 3.08. The summed E-state index contributed by atoms with van der Waals surface area (Å²) < 4.78 is 1.64. The molecule has 0 saturated heterocycles. The fourth-order valence-electron chi connectivity index (χ4n) is 1.88. The van der Waals surface area contributed by atoms with Gasteiger partial charge in [-0.1, -0.05) is 0 Å². The first-order valence-electron chi connectivity index (χ1n) is 5.64. The van der Waals surface area contributed by atoms with Crippen molar-refractivity contribution >= 4 is 28.8 Å². The second-order valence-corrected chi connectivity index (χ2v) is 5.54. The minimum Gasteiger partial charge on any atom is -0.480 e. The maximum absolute atomic E-state index is 10.7. The molecular formula is C13H13N3O2S. The molecule has 6 heteroatoms. The molecule has 0 unspecified atom stereocenters. The number of fused-ring (bicyclic) bond motifs is 1. The molecule has 0 radical (unpaired) electrons. The zero-order valence-electron chi connectivity index (χ0n) is 10.6. The van der Waals surface area contributed by atoms with Crippen molar-refractivity contribution in [3.8, 4) is 6.07 Å². The average molecular weight is 275 g/mol. The molecule has 0 saturated carbocycles. The molecule has 0 aliphatic rings. The maximum Gasteiger partial charge on any atom is 0.318 e. The first kappa shape index (κ1) is 13.5. The van der Waals surface area contributed by atoms with Gasteiger partial charge in [0.25, 0.3) is 0 Å². The highest BCUT2D eigenvalue weighted by molar-refractivity contribution is 7.97. The van der Waals surface area contributed by atoms with Gasteiger partial charge < -0.3 is 10.1 Å². The summed E-state index contributed by atoms with van der Waals surface area (Å²) in [5.41, 5.74) is 2.44. The summed E-state index contributed by atoms with van der Waals surface area (Å²) in [6, 6.07) is 7.84. The van der Waals surface area contributed by atoms with Crippen molar-refractivity contribution in [1.82, 2.24) is 9.29 Å². The number of hydrogen-bond acceptors (Lipinski definition) is 4. The highest BCUT2D eigenvalue weighted by Crippen LogP contribution is 2.30. The monoisotopic (exact) mass is 275 g/mol. The Labute approximate surface area is 115 Å². The van der Waals surface area contributed by atoms with Crippen LogP contribution in [0.15, 0.2) is 23.1 Å². The van der Waals surface area contributed by atoms with E-state index >= 15 is 0 Å². The van der Waals surface area contributed by atoms with Gasteiger partial charge in [0.2, 0.25) is 0 Å². The molecule has 2 rings (SSSR count). The molecule has 2 aromatic rings. The number of aliphatic carboxylic acids is 1. The van der Waals surface area contributed by atoms with Crippen LogP contribution in [0, 0.1) is 18.3 Å². The van der Waals surface area contributed by atoms with E-state index in [-0.39, 0.29) is 6.54 Å². The van der Waals surface area contributed by atoms with Crippen LogP contribution in [0.4, 0.5) is 0 Å². The Morgan fingerprint density at radius 1 is 1.53 bits per heavy atom.